The number of hydrogen-bond donors (Lipinski definition) is 2. The number of hydrogen-bond acceptors (Lipinski definition) is 4. The predicted molar refractivity (Wildman–Crippen MR) is 102 cm³/mol. The topological polar surface area (TPSA) is 76.7 Å². The van der Waals surface area contributed by atoms with Gasteiger partial charge in [-0.15, -0.1) is 0 Å². The molecular weight excluding hydrogens is 332 g/mol. The largest absolute Gasteiger partial charge is 0.479 e. The maximum absolute atomic E-state index is 12.1. The van der Waals surface area contributed by atoms with E-state index in [9.17, 15) is 9.59 Å². The third-order valence-electron chi connectivity index (χ3n) is 3.70. The molecule has 138 valence electrons. The van der Waals surface area contributed by atoms with Crippen LogP contribution in [0.15, 0.2) is 48.5 Å². The molecule has 0 saturated heterocycles. The van der Waals surface area contributed by atoms with E-state index in [1.54, 1.807) is 31.2 Å². The Labute approximate surface area is 153 Å². The van der Waals surface area contributed by atoms with Gasteiger partial charge in [-0.2, -0.15) is 0 Å². The Morgan fingerprint density at radius 3 is 2.31 bits per heavy atom. The molecule has 0 aliphatic heterocycles. The Morgan fingerprint density at radius 2 is 1.69 bits per heavy atom. The second kappa shape index (κ2) is 9.46. The number of anilines is 2. The van der Waals surface area contributed by atoms with E-state index in [-0.39, 0.29) is 12.0 Å². The van der Waals surface area contributed by atoms with Crippen LogP contribution >= 0.6 is 0 Å². The van der Waals surface area contributed by atoms with Crippen molar-refractivity contribution in [3.8, 4) is 5.75 Å². The summed E-state index contributed by atoms with van der Waals surface area (Å²) >= 11 is 0. The molecule has 6 nitrogen and oxygen atoms in total. The fourth-order valence-corrected chi connectivity index (χ4v) is 2.31. The summed E-state index contributed by atoms with van der Waals surface area (Å²) in [6.07, 6.45) is -0.129. The first-order chi connectivity index (χ1) is 12.5. The second-order valence-corrected chi connectivity index (χ2v) is 5.69. The fourth-order valence-electron chi connectivity index (χ4n) is 2.31. The van der Waals surface area contributed by atoms with E-state index in [2.05, 4.69) is 10.6 Å². The SMILES string of the molecule is CCOC(=O)C(CC)Oc1ccc(NC(=O)Nc2ccccc2C)cc1. The van der Waals surface area contributed by atoms with Gasteiger partial charge in [0.2, 0.25) is 0 Å². The van der Waals surface area contributed by atoms with Crippen LogP contribution in [0.4, 0.5) is 16.2 Å². The summed E-state index contributed by atoms with van der Waals surface area (Å²) in [6.45, 7) is 5.85. The van der Waals surface area contributed by atoms with Gasteiger partial charge in [-0.1, -0.05) is 25.1 Å². The van der Waals surface area contributed by atoms with Crippen LogP contribution in [0.25, 0.3) is 0 Å². The van der Waals surface area contributed by atoms with Crippen molar-refractivity contribution in [3.63, 3.8) is 0 Å². The van der Waals surface area contributed by atoms with Crippen molar-refractivity contribution < 1.29 is 19.1 Å². The third kappa shape index (κ3) is 5.51. The van der Waals surface area contributed by atoms with Crippen LogP contribution in [0, 0.1) is 6.92 Å². The van der Waals surface area contributed by atoms with Crippen molar-refractivity contribution in [2.45, 2.75) is 33.3 Å². The molecule has 0 aliphatic carbocycles. The number of rotatable bonds is 7. The van der Waals surface area contributed by atoms with E-state index in [4.69, 9.17) is 9.47 Å². The third-order valence-corrected chi connectivity index (χ3v) is 3.70. The molecule has 2 amide bonds. The summed E-state index contributed by atoms with van der Waals surface area (Å²) in [6, 6.07) is 14.0. The average molecular weight is 356 g/mol. The zero-order valence-corrected chi connectivity index (χ0v) is 15.2. The van der Waals surface area contributed by atoms with Crippen molar-refractivity contribution in [2.75, 3.05) is 17.2 Å². The molecule has 1 unspecified atom stereocenters. The number of para-hydroxylation sites is 1. The number of amides is 2. The van der Waals surface area contributed by atoms with Crippen LogP contribution in [0.1, 0.15) is 25.8 Å². The quantitative estimate of drug-likeness (QED) is 0.723. The molecular formula is C20H24N2O4. The summed E-state index contributed by atoms with van der Waals surface area (Å²) in [4.78, 5) is 23.9. The lowest BCUT2D eigenvalue weighted by Crippen LogP contribution is -2.28. The number of carbonyl (C=O) groups is 2. The summed E-state index contributed by atoms with van der Waals surface area (Å²) < 4.78 is 10.6. The smallest absolute Gasteiger partial charge is 0.347 e. The van der Waals surface area contributed by atoms with Crippen molar-refractivity contribution in [3.05, 3.63) is 54.1 Å². The minimum absolute atomic E-state index is 0.317. The first kappa shape index (κ1) is 19.3. The lowest BCUT2D eigenvalue weighted by Gasteiger charge is -2.16. The molecule has 0 aliphatic rings. The van der Waals surface area contributed by atoms with E-state index in [1.165, 1.54) is 0 Å². The van der Waals surface area contributed by atoms with Crippen LogP contribution in [-0.2, 0) is 9.53 Å². The highest BCUT2D eigenvalue weighted by Gasteiger charge is 2.19. The highest BCUT2D eigenvalue weighted by molar-refractivity contribution is 6.00. The van der Waals surface area contributed by atoms with Gasteiger partial charge >= 0.3 is 12.0 Å². The van der Waals surface area contributed by atoms with Crippen LogP contribution in [0.3, 0.4) is 0 Å². The second-order valence-electron chi connectivity index (χ2n) is 5.69. The Kier molecular flexibility index (Phi) is 7.02. The highest BCUT2D eigenvalue weighted by atomic mass is 16.6. The van der Waals surface area contributed by atoms with Crippen LogP contribution in [0.5, 0.6) is 5.75 Å². The van der Waals surface area contributed by atoms with Gasteiger partial charge in [-0.25, -0.2) is 9.59 Å². The lowest BCUT2D eigenvalue weighted by molar-refractivity contribution is -0.151. The van der Waals surface area contributed by atoms with Crippen molar-refractivity contribution in [1.82, 2.24) is 0 Å². The van der Waals surface area contributed by atoms with Crippen LogP contribution in [0.2, 0.25) is 0 Å². The Morgan fingerprint density at radius 1 is 1.00 bits per heavy atom. The number of urea groups is 1. The van der Waals surface area contributed by atoms with Crippen LogP contribution in [-0.4, -0.2) is 24.7 Å². The molecule has 0 aromatic heterocycles. The van der Waals surface area contributed by atoms with E-state index in [0.29, 0.717) is 24.5 Å². The number of esters is 1. The molecule has 0 bridgehead atoms. The first-order valence-corrected chi connectivity index (χ1v) is 8.60. The molecule has 2 aromatic rings. The fraction of sp³-hybridized carbons (Fsp3) is 0.300. The molecule has 0 saturated carbocycles. The highest BCUT2D eigenvalue weighted by Crippen LogP contribution is 2.19. The zero-order valence-electron chi connectivity index (χ0n) is 15.2. The first-order valence-electron chi connectivity index (χ1n) is 8.60. The molecule has 0 heterocycles. The monoisotopic (exact) mass is 356 g/mol. The number of carbonyl (C=O) groups excluding carboxylic acids is 2. The molecule has 26 heavy (non-hydrogen) atoms. The van der Waals surface area contributed by atoms with Crippen molar-refractivity contribution in [1.29, 1.82) is 0 Å². The Bertz CT molecular complexity index is 744. The number of ether oxygens (including phenoxy) is 2. The Balaban J connectivity index is 1.93. The minimum atomic E-state index is -0.641. The molecule has 2 rings (SSSR count). The lowest BCUT2D eigenvalue weighted by atomic mass is 10.2. The van der Waals surface area contributed by atoms with Crippen LogP contribution < -0.4 is 15.4 Å². The molecule has 2 aromatic carbocycles. The van der Waals surface area contributed by atoms with Crippen molar-refractivity contribution in [2.24, 2.45) is 0 Å². The molecule has 2 N–H and O–H groups in total. The number of aryl methyl sites for hydroxylation is 1. The maximum atomic E-state index is 12.1. The molecule has 6 heteroatoms. The van der Waals surface area contributed by atoms with Gasteiger partial charge < -0.3 is 20.1 Å². The van der Waals surface area contributed by atoms with Gasteiger partial charge in [0.15, 0.2) is 6.10 Å². The summed E-state index contributed by atoms with van der Waals surface area (Å²) in [7, 11) is 0. The molecule has 1 atom stereocenters. The van der Waals surface area contributed by atoms with E-state index in [0.717, 1.165) is 11.3 Å². The molecule has 0 radical (unpaired) electrons. The van der Waals surface area contributed by atoms with Gasteiger partial charge in [0.05, 0.1) is 6.61 Å². The summed E-state index contributed by atoms with van der Waals surface area (Å²) in [5, 5.41) is 5.56. The predicted octanol–water partition coefficient (Wildman–Crippen LogP) is 4.36. The van der Waals surface area contributed by atoms with Gasteiger partial charge in [0, 0.05) is 11.4 Å². The normalized spacial score (nSPS) is 11.3. The standard InChI is InChI=1S/C20H24N2O4/c1-4-18(19(23)25-5-2)26-16-12-10-15(11-13-16)21-20(24)22-17-9-7-6-8-14(17)3/h6-13,18H,4-5H2,1-3H3,(H2,21,22,24). The minimum Gasteiger partial charge on any atom is -0.479 e. The molecule has 0 fully saturated rings. The van der Waals surface area contributed by atoms with E-state index >= 15 is 0 Å². The summed E-state index contributed by atoms with van der Waals surface area (Å²) in [5.41, 5.74) is 2.36. The van der Waals surface area contributed by atoms with E-state index in [1.807, 2.05) is 38.1 Å². The van der Waals surface area contributed by atoms with Gasteiger partial charge in [0.25, 0.3) is 0 Å². The summed E-state index contributed by atoms with van der Waals surface area (Å²) in [5.74, 6) is 0.157. The van der Waals surface area contributed by atoms with Crippen molar-refractivity contribution >= 4 is 23.4 Å². The molecule has 0 spiro atoms. The Hall–Kier alpha value is -3.02. The zero-order chi connectivity index (χ0) is 18.9. The number of nitrogens with one attached hydrogen (secondary N) is 2. The van der Waals surface area contributed by atoms with E-state index < -0.39 is 6.10 Å². The van der Waals surface area contributed by atoms with Gasteiger partial charge in [-0.3, -0.25) is 0 Å². The van der Waals surface area contributed by atoms with Gasteiger partial charge in [-0.05, 0) is 56.2 Å². The number of benzene rings is 2. The maximum Gasteiger partial charge on any atom is 0.347 e. The van der Waals surface area contributed by atoms with Gasteiger partial charge in [0.1, 0.15) is 5.75 Å². The average Bonchev–Trinajstić information content (AvgIpc) is 2.63.